The van der Waals surface area contributed by atoms with Crippen molar-refractivity contribution < 1.29 is 14.6 Å². The van der Waals surface area contributed by atoms with Crippen LogP contribution in [0.25, 0.3) is 10.9 Å². The van der Waals surface area contributed by atoms with Crippen molar-refractivity contribution in [2.45, 2.75) is 44.6 Å². The lowest BCUT2D eigenvalue weighted by molar-refractivity contribution is 0.0681. The van der Waals surface area contributed by atoms with Gasteiger partial charge in [-0.15, -0.1) is 0 Å². The molecule has 1 aromatic heterocycles. The Kier molecular flexibility index (Phi) is 5.34. The van der Waals surface area contributed by atoms with Gasteiger partial charge in [0, 0.05) is 49.5 Å². The third-order valence-electron chi connectivity index (χ3n) is 5.95. The summed E-state index contributed by atoms with van der Waals surface area (Å²) in [6, 6.07) is 4.05. The molecule has 2 aliphatic rings. The van der Waals surface area contributed by atoms with E-state index < -0.39 is 5.60 Å². The van der Waals surface area contributed by atoms with E-state index in [-0.39, 0.29) is 0 Å². The van der Waals surface area contributed by atoms with Crippen LogP contribution in [0.3, 0.4) is 0 Å². The zero-order valence-electron chi connectivity index (χ0n) is 17.2. The lowest BCUT2D eigenvalue weighted by Gasteiger charge is -2.19. The van der Waals surface area contributed by atoms with E-state index in [2.05, 4.69) is 10.2 Å². The van der Waals surface area contributed by atoms with Crippen molar-refractivity contribution >= 4 is 16.6 Å². The summed E-state index contributed by atoms with van der Waals surface area (Å²) < 4.78 is 11.7. The van der Waals surface area contributed by atoms with Gasteiger partial charge in [0.2, 0.25) is 0 Å². The first kappa shape index (κ1) is 19.3. The predicted octanol–water partition coefficient (Wildman–Crippen LogP) is 3.00. The summed E-state index contributed by atoms with van der Waals surface area (Å²) in [7, 11) is 3.65. The molecule has 28 heavy (non-hydrogen) atoms. The minimum atomic E-state index is -0.542. The molecular weight excluding hydrogens is 354 g/mol. The van der Waals surface area contributed by atoms with Crippen LogP contribution in [0.1, 0.15) is 37.4 Å². The van der Waals surface area contributed by atoms with Crippen LogP contribution >= 0.6 is 0 Å². The Hall–Kier alpha value is -2.05. The van der Waals surface area contributed by atoms with Gasteiger partial charge in [0.25, 0.3) is 0 Å². The first-order chi connectivity index (χ1) is 13.5. The number of aliphatic hydroxyl groups is 1. The van der Waals surface area contributed by atoms with Crippen LogP contribution in [-0.4, -0.2) is 61.0 Å². The molecule has 1 unspecified atom stereocenters. The largest absolute Gasteiger partial charge is 0.493 e. The fourth-order valence-corrected chi connectivity index (χ4v) is 4.53. The average molecular weight is 386 g/mol. The molecule has 0 saturated carbocycles. The van der Waals surface area contributed by atoms with Crippen LogP contribution < -0.4 is 14.8 Å². The first-order valence-corrected chi connectivity index (χ1v) is 10.3. The number of ether oxygens (including phenoxy) is 2. The highest BCUT2D eigenvalue weighted by Crippen LogP contribution is 2.39. The van der Waals surface area contributed by atoms with Crippen LogP contribution in [0.4, 0.5) is 5.69 Å². The third kappa shape index (κ3) is 3.76. The second kappa shape index (κ2) is 7.76. The van der Waals surface area contributed by atoms with Crippen LogP contribution in [0.15, 0.2) is 12.1 Å². The minimum absolute atomic E-state index is 0.542. The number of aromatic nitrogens is 1. The number of pyridine rings is 1. The summed E-state index contributed by atoms with van der Waals surface area (Å²) in [6.45, 7) is 5.15. The second-order valence-electron chi connectivity index (χ2n) is 8.26. The molecule has 4 rings (SSSR count). The fourth-order valence-electron chi connectivity index (χ4n) is 4.53. The summed E-state index contributed by atoms with van der Waals surface area (Å²) in [5, 5.41) is 14.5. The maximum absolute atomic E-state index is 10.1. The molecule has 1 saturated heterocycles. The molecule has 152 valence electrons. The molecule has 0 bridgehead atoms. The Labute approximate surface area is 166 Å². The molecule has 0 amide bonds. The molecule has 1 aliphatic carbocycles. The van der Waals surface area contributed by atoms with Crippen LogP contribution in [0.2, 0.25) is 0 Å². The lowest BCUT2D eigenvalue weighted by atomic mass is 10.1. The van der Waals surface area contributed by atoms with E-state index in [1.807, 2.05) is 26.1 Å². The fraction of sp³-hybridized carbons (Fsp3) is 0.591. The number of hydrogen-bond acceptors (Lipinski definition) is 6. The van der Waals surface area contributed by atoms with Crippen molar-refractivity contribution in [3.8, 4) is 11.5 Å². The molecule has 1 fully saturated rings. The normalized spacial score (nSPS) is 21.9. The summed E-state index contributed by atoms with van der Waals surface area (Å²) in [4.78, 5) is 7.19. The molecular formula is C22H31N3O3. The van der Waals surface area contributed by atoms with Crippen LogP contribution in [0, 0.1) is 0 Å². The summed E-state index contributed by atoms with van der Waals surface area (Å²) in [5.41, 5.74) is 4.13. The topological polar surface area (TPSA) is 66.9 Å². The number of likely N-dealkylation sites (tertiary alicyclic amines) is 1. The molecule has 0 radical (unpaired) electrons. The average Bonchev–Trinajstić information content (AvgIpc) is 3.28. The maximum Gasteiger partial charge on any atom is 0.163 e. The van der Waals surface area contributed by atoms with Gasteiger partial charge < -0.3 is 24.8 Å². The smallest absolute Gasteiger partial charge is 0.163 e. The number of hydrogen-bond donors (Lipinski definition) is 2. The Morgan fingerprint density at radius 1 is 1.29 bits per heavy atom. The Balaban J connectivity index is 1.48. The van der Waals surface area contributed by atoms with Gasteiger partial charge in [0.1, 0.15) is 0 Å². The number of anilines is 1. The molecule has 6 heteroatoms. The summed E-state index contributed by atoms with van der Waals surface area (Å²) >= 11 is 0. The van der Waals surface area contributed by atoms with Gasteiger partial charge in [-0.1, -0.05) is 0 Å². The highest BCUT2D eigenvalue weighted by molar-refractivity contribution is 5.95. The van der Waals surface area contributed by atoms with Gasteiger partial charge in [-0.05, 0) is 50.7 Å². The number of fused-ring (bicyclic) bond motifs is 2. The number of methoxy groups -OCH3 is 1. The summed E-state index contributed by atoms with van der Waals surface area (Å²) in [6.07, 6.45) is 5.05. The van der Waals surface area contributed by atoms with Crippen LogP contribution in [-0.2, 0) is 12.8 Å². The zero-order chi connectivity index (χ0) is 19.7. The van der Waals surface area contributed by atoms with E-state index in [0.717, 1.165) is 74.1 Å². The van der Waals surface area contributed by atoms with Crippen molar-refractivity contribution in [3.05, 3.63) is 23.4 Å². The van der Waals surface area contributed by atoms with E-state index in [1.165, 1.54) is 16.9 Å². The Morgan fingerprint density at radius 2 is 2.14 bits per heavy atom. The highest BCUT2D eigenvalue weighted by atomic mass is 16.5. The molecule has 0 spiro atoms. The quantitative estimate of drug-likeness (QED) is 0.715. The monoisotopic (exact) mass is 385 g/mol. The predicted molar refractivity (Wildman–Crippen MR) is 112 cm³/mol. The first-order valence-electron chi connectivity index (χ1n) is 10.3. The van der Waals surface area contributed by atoms with Gasteiger partial charge in [-0.2, -0.15) is 0 Å². The Bertz CT molecular complexity index is 866. The summed E-state index contributed by atoms with van der Waals surface area (Å²) in [5.74, 6) is 1.49. The molecule has 1 aliphatic heterocycles. The van der Waals surface area contributed by atoms with E-state index in [1.54, 1.807) is 7.11 Å². The molecule has 2 aromatic rings. The molecule has 2 heterocycles. The third-order valence-corrected chi connectivity index (χ3v) is 5.95. The number of aryl methyl sites for hydroxylation is 1. The van der Waals surface area contributed by atoms with Crippen molar-refractivity contribution in [1.82, 2.24) is 9.88 Å². The molecule has 1 aromatic carbocycles. The van der Waals surface area contributed by atoms with Gasteiger partial charge in [0.05, 0.1) is 24.8 Å². The van der Waals surface area contributed by atoms with Gasteiger partial charge in [-0.3, -0.25) is 4.98 Å². The van der Waals surface area contributed by atoms with Crippen molar-refractivity contribution in [2.75, 3.05) is 45.7 Å². The van der Waals surface area contributed by atoms with E-state index in [4.69, 9.17) is 14.5 Å². The molecule has 2 N–H and O–H groups in total. The lowest BCUT2D eigenvalue weighted by Crippen LogP contribution is -2.30. The number of β-amino-alcohol motifs (C(OH)–C–C–N with tert-alkyl or cyclic N) is 1. The van der Waals surface area contributed by atoms with E-state index >= 15 is 0 Å². The SMILES string of the molecule is CNc1c2c(nc3cc(OCCCN4CCC(C)(O)C4)c(OC)cc13)CCC2. The van der Waals surface area contributed by atoms with Gasteiger partial charge in [-0.25, -0.2) is 0 Å². The number of rotatable bonds is 7. The molecule has 6 nitrogen and oxygen atoms in total. The standard InChI is InChI=1S/C22H31N3O3/c1-22(26)8-10-25(14-22)9-5-11-28-20-13-18-16(12-19(20)27-3)21(23-2)15-6-4-7-17(15)24-18/h12-13,26H,4-11,14H2,1-3H3,(H,23,24). The Morgan fingerprint density at radius 3 is 2.86 bits per heavy atom. The van der Waals surface area contributed by atoms with E-state index in [9.17, 15) is 5.11 Å². The van der Waals surface area contributed by atoms with Crippen molar-refractivity contribution in [1.29, 1.82) is 0 Å². The van der Waals surface area contributed by atoms with Gasteiger partial charge in [0.15, 0.2) is 11.5 Å². The second-order valence-corrected chi connectivity index (χ2v) is 8.26. The van der Waals surface area contributed by atoms with Crippen molar-refractivity contribution in [3.63, 3.8) is 0 Å². The maximum atomic E-state index is 10.1. The van der Waals surface area contributed by atoms with Crippen LogP contribution in [0.5, 0.6) is 11.5 Å². The van der Waals surface area contributed by atoms with Crippen molar-refractivity contribution in [2.24, 2.45) is 0 Å². The highest BCUT2D eigenvalue weighted by Gasteiger charge is 2.30. The van der Waals surface area contributed by atoms with Gasteiger partial charge >= 0.3 is 0 Å². The minimum Gasteiger partial charge on any atom is -0.493 e. The molecule has 1 atom stereocenters. The van der Waals surface area contributed by atoms with E-state index in [0.29, 0.717) is 6.61 Å². The number of nitrogens with one attached hydrogen (secondary N) is 1. The zero-order valence-corrected chi connectivity index (χ0v) is 17.2. The number of nitrogens with zero attached hydrogens (tertiary/aromatic N) is 2. The number of benzene rings is 1.